The summed E-state index contributed by atoms with van der Waals surface area (Å²) in [6.45, 7) is 0.133. The number of ether oxygens (including phenoxy) is 1. The highest BCUT2D eigenvalue weighted by Crippen LogP contribution is 2.59. The molecule has 28 heavy (non-hydrogen) atoms. The topological polar surface area (TPSA) is 77.2 Å². The lowest BCUT2D eigenvalue weighted by atomic mass is 9.69. The first kappa shape index (κ1) is 18.1. The Morgan fingerprint density at radius 3 is 2.86 bits per heavy atom. The quantitative estimate of drug-likeness (QED) is 0.794. The van der Waals surface area contributed by atoms with Crippen LogP contribution in [0.2, 0.25) is 5.02 Å². The lowest BCUT2D eigenvalue weighted by Crippen LogP contribution is -2.40. The summed E-state index contributed by atoms with van der Waals surface area (Å²) in [6.07, 6.45) is 6.16. The smallest absolute Gasteiger partial charge is 0.247 e. The number of carbonyl (C=O) groups is 1. The van der Waals surface area contributed by atoms with Gasteiger partial charge in [-0.05, 0) is 62.6 Å². The van der Waals surface area contributed by atoms with E-state index in [4.69, 9.17) is 20.8 Å². The molecular formula is C20H21ClFN3O3. The number of nitrogens with zero attached hydrogens (tertiary/aromatic N) is 2. The number of carbonyl (C=O) groups excluding carboxylic acids is 1. The number of hydrogen-bond donors (Lipinski definition) is 1. The molecule has 4 fully saturated rings. The minimum atomic E-state index is -0.520. The molecule has 0 saturated heterocycles. The molecule has 4 aliphatic rings. The van der Waals surface area contributed by atoms with Crippen LogP contribution >= 0.6 is 11.6 Å². The van der Waals surface area contributed by atoms with Gasteiger partial charge in [-0.3, -0.25) is 4.79 Å². The van der Waals surface area contributed by atoms with Crippen molar-refractivity contribution in [1.29, 1.82) is 0 Å². The van der Waals surface area contributed by atoms with E-state index in [9.17, 15) is 9.18 Å². The highest BCUT2D eigenvalue weighted by atomic mass is 35.5. The van der Waals surface area contributed by atoms with Crippen LogP contribution in [0, 0.1) is 11.7 Å². The molecule has 4 aliphatic carbocycles. The van der Waals surface area contributed by atoms with E-state index in [0.717, 1.165) is 32.1 Å². The van der Waals surface area contributed by atoms with E-state index < -0.39 is 5.82 Å². The molecule has 1 amide bonds. The van der Waals surface area contributed by atoms with Gasteiger partial charge in [-0.25, -0.2) is 4.39 Å². The number of aromatic nitrogens is 2. The highest BCUT2D eigenvalue weighted by Gasteiger charge is 2.60. The van der Waals surface area contributed by atoms with E-state index in [2.05, 4.69) is 15.5 Å². The standard InChI is InChI=1S/C20H21ClFN3O3/c21-14-5-4-11(6-15(14)22)18-24-25-19(28-18)20-7-12(8-20)16(9-20)23-17(26)10-27-13-2-1-3-13/h4-6,12-13,16H,1-3,7-10H2,(H,23,26)/t12?,16-,20?/m0/s1. The number of amides is 1. The Labute approximate surface area is 166 Å². The monoisotopic (exact) mass is 405 g/mol. The van der Waals surface area contributed by atoms with Crippen LogP contribution in [-0.4, -0.2) is 34.9 Å². The zero-order valence-corrected chi connectivity index (χ0v) is 16.0. The summed E-state index contributed by atoms with van der Waals surface area (Å²) >= 11 is 5.73. The van der Waals surface area contributed by atoms with Crippen molar-refractivity contribution in [2.24, 2.45) is 5.92 Å². The molecule has 0 spiro atoms. The van der Waals surface area contributed by atoms with Crippen LogP contribution in [0.3, 0.4) is 0 Å². The van der Waals surface area contributed by atoms with Gasteiger partial charge in [0.05, 0.1) is 16.5 Å². The van der Waals surface area contributed by atoms with Gasteiger partial charge in [0, 0.05) is 11.6 Å². The Morgan fingerprint density at radius 1 is 1.32 bits per heavy atom. The third kappa shape index (κ3) is 3.10. The molecule has 0 aliphatic heterocycles. The minimum Gasteiger partial charge on any atom is -0.420 e. The van der Waals surface area contributed by atoms with Crippen molar-refractivity contribution in [3.63, 3.8) is 0 Å². The molecule has 1 heterocycles. The molecule has 1 atom stereocenters. The summed E-state index contributed by atoms with van der Waals surface area (Å²) in [6, 6.07) is 4.53. The zero-order chi connectivity index (χ0) is 19.3. The van der Waals surface area contributed by atoms with Crippen molar-refractivity contribution in [3.8, 4) is 11.5 Å². The first-order chi connectivity index (χ1) is 13.5. The third-order valence-electron chi connectivity index (χ3n) is 6.38. The van der Waals surface area contributed by atoms with Crippen LogP contribution in [-0.2, 0) is 14.9 Å². The van der Waals surface area contributed by atoms with Crippen LogP contribution in [0.15, 0.2) is 22.6 Å². The van der Waals surface area contributed by atoms with Gasteiger partial charge >= 0.3 is 0 Å². The van der Waals surface area contributed by atoms with E-state index in [1.165, 1.54) is 18.6 Å². The predicted octanol–water partition coefficient (Wildman–Crippen LogP) is 3.63. The molecule has 6 nitrogen and oxygen atoms in total. The molecule has 4 saturated carbocycles. The largest absolute Gasteiger partial charge is 0.420 e. The molecule has 1 aromatic carbocycles. The van der Waals surface area contributed by atoms with Gasteiger partial charge in [-0.1, -0.05) is 11.6 Å². The molecule has 2 aromatic rings. The van der Waals surface area contributed by atoms with Crippen LogP contribution in [0.1, 0.15) is 44.4 Å². The van der Waals surface area contributed by atoms with Gasteiger partial charge in [0.2, 0.25) is 17.7 Å². The van der Waals surface area contributed by atoms with E-state index in [1.54, 1.807) is 6.07 Å². The normalized spacial score (nSPS) is 28.6. The Bertz CT molecular complexity index is 908. The molecular weight excluding hydrogens is 385 g/mol. The molecule has 148 valence electrons. The molecule has 2 bridgehead atoms. The zero-order valence-electron chi connectivity index (χ0n) is 15.3. The molecule has 0 radical (unpaired) electrons. The van der Waals surface area contributed by atoms with Crippen molar-refractivity contribution >= 4 is 17.5 Å². The molecule has 0 unspecified atom stereocenters. The lowest BCUT2D eigenvalue weighted by Gasteiger charge is -2.34. The third-order valence-corrected chi connectivity index (χ3v) is 6.69. The fourth-order valence-corrected chi connectivity index (χ4v) is 4.69. The van der Waals surface area contributed by atoms with Gasteiger partial charge in [-0.15, -0.1) is 10.2 Å². The maximum Gasteiger partial charge on any atom is 0.247 e. The summed E-state index contributed by atoms with van der Waals surface area (Å²) in [5.74, 6) is 0.702. The van der Waals surface area contributed by atoms with Gasteiger partial charge in [0.1, 0.15) is 12.4 Å². The molecule has 6 rings (SSSR count). The number of hydrogen-bond acceptors (Lipinski definition) is 5. The van der Waals surface area contributed by atoms with Gasteiger partial charge in [0.25, 0.3) is 0 Å². The number of benzene rings is 1. The van der Waals surface area contributed by atoms with Crippen LogP contribution in [0.25, 0.3) is 11.5 Å². The molecule has 8 heteroatoms. The van der Waals surface area contributed by atoms with Crippen molar-refractivity contribution in [1.82, 2.24) is 15.5 Å². The second-order valence-corrected chi connectivity index (χ2v) is 8.64. The van der Waals surface area contributed by atoms with Crippen LogP contribution in [0.5, 0.6) is 0 Å². The van der Waals surface area contributed by atoms with Crippen molar-refractivity contribution < 1.29 is 18.3 Å². The summed E-state index contributed by atoms with van der Waals surface area (Å²) < 4.78 is 25.2. The van der Waals surface area contributed by atoms with Gasteiger partial charge < -0.3 is 14.5 Å². The SMILES string of the molecule is O=C(COC1CCC1)N[C@H]1CC2(c3nnc(-c4ccc(Cl)c(F)c4)o3)CC1C2. The first-order valence-corrected chi connectivity index (χ1v) is 10.1. The highest BCUT2D eigenvalue weighted by molar-refractivity contribution is 6.30. The number of fused-ring (bicyclic) bond motifs is 1. The summed E-state index contributed by atoms with van der Waals surface area (Å²) in [5, 5.41) is 11.5. The Kier molecular flexibility index (Phi) is 4.39. The fourth-order valence-electron chi connectivity index (χ4n) is 4.58. The maximum absolute atomic E-state index is 13.7. The van der Waals surface area contributed by atoms with E-state index in [0.29, 0.717) is 17.4 Å². The predicted molar refractivity (Wildman–Crippen MR) is 99.2 cm³/mol. The average Bonchev–Trinajstić information content (AvgIpc) is 3.28. The van der Waals surface area contributed by atoms with Crippen molar-refractivity contribution in [2.45, 2.75) is 56.1 Å². The maximum atomic E-state index is 13.7. The summed E-state index contributed by atoms with van der Waals surface area (Å²) in [7, 11) is 0. The Hall–Kier alpha value is -1.99. The fraction of sp³-hybridized carbons (Fsp3) is 0.550. The van der Waals surface area contributed by atoms with Crippen molar-refractivity contribution in [2.75, 3.05) is 6.61 Å². The van der Waals surface area contributed by atoms with E-state index in [-0.39, 0.29) is 41.0 Å². The number of nitrogens with one attached hydrogen (secondary N) is 1. The lowest BCUT2D eigenvalue weighted by molar-refractivity contribution is -0.130. The van der Waals surface area contributed by atoms with Crippen molar-refractivity contribution in [3.05, 3.63) is 34.9 Å². The first-order valence-electron chi connectivity index (χ1n) is 9.73. The van der Waals surface area contributed by atoms with Crippen LogP contribution < -0.4 is 5.32 Å². The minimum absolute atomic E-state index is 0.0533. The second kappa shape index (κ2) is 6.81. The molecule has 1 N–H and O–H groups in total. The van der Waals surface area contributed by atoms with Crippen LogP contribution in [0.4, 0.5) is 4.39 Å². The summed E-state index contributed by atoms with van der Waals surface area (Å²) in [5.41, 5.74) is 0.317. The van der Waals surface area contributed by atoms with E-state index in [1.807, 2.05) is 0 Å². The van der Waals surface area contributed by atoms with Gasteiger partial charge in [-0.2, -0.15) is 0 Å². The molecule has 1 aromatic heterocycles. The summed E-state index contributed by atoms with van der Waals surface area (Å²) in [4.78, 5) is 12.2. The second-order valence-electron chi connectivity index (χ2n) is 8.23. The number of halogens is 2. The Morgan fingerprint density at radius 2 is 2.14 bits per heavy atom. The Balaban J connectivity index is 1.22. The average molecular weight is 406 g/mol. The van der Waals surface area contributed by atoms with E-state index >= 15 is 0 Å². The van der Waals surface area contributed by atoms with Gasteiger partial charge in [0.15, 0.2) is 0 Å². The number of rotatable bonds is 6.